The highest BCUT2D eigenvalue weighted by atomic mass is 35.5. The minimum atomic E-state index is 0.0600. The smallest absolute Gasteiger partial charge is 0.257 e. The van der Waals surface area contributed by atoms with E-state index in [9.17, 15) is 4.79 Å². The first-order valence-electron chi connectivity index (χ1n) is 7.51. The molecule has 2 fully saturated rings. The van der Waals surface area contributed by atoms with Crippen molar-refractivity contribution >= 4 is 17.5 Å². The third kappa shape index (κ3) is 2.51. The maximum Gasteiger partial charge on any atom is 0.257 e. The number of carbonyl (C=O) groups is 1. The number of methoxy groups -OCH3 is 1. The fraction of sp³-hybridized carbons (Fsp3) is 0.562. The predicted molar refractivity (Wildman–Crippen MR) is 83.0 cm³/mol. The average molecular weight is 309 g/mol. The Morgan fingerprint density at radius 2 is 2.29 bits per heavy atom. The second kappa shape index (κ2) is 5.85. The maximum absolute atomic E-state index is 12.9. The van der Waals surface area contributed by atoms with Crippen LogP contribution in [0.1, 0.15) is 23.7 Å². The highest BCUT2D eigenvalue weighted by Crippen LogP contribution is 2.36. The van der Waals surface area contributed by atoms with Gasteiger partial charge in [0.25, 0.3) is 5.91 Å². The van der Waals surface area contributed by atoms with Gasteiger partial charge >= 0.3 is 0 Å². The fourth-order valence-corrected chi connectivity index (χ4v) is 3.94. The van der Waals surface area contributed by atoms with E-state index >= 15 is 0 Å². The Kier molecular flexibility index (Phi) is 4.09. The monoisotopic (exact) mass is 308 g/mol. The van der Waals surface area contributed by atoms with Gasteiger partial charge < -0.3 is 15.0 Å². The lowest BCUT2D eigenvalue weighted by molar-refractivity contribution is 0.0708. The van der Waals surface area contributed by atoms with Crippen LogP contribution in [0, 0.1) is 11.8 Å². The van der Waals surface area contributed by atoms with Crippen molar-refractivity contribution in [2.45, 2.75) is 19.4 Å². The molecule has 114 valence electrons. The quantitative estimate of drug-likeness (QED) is 0.932. The summed E-state index contributed by atoms with van der Waals surface area (Å²) in [7, 11) is 1.57. The molecule has 2 saturated heterocycles. The summed E-state index contributed by atoms with van der Waals surface area (Å²) in [6.45, 7) is 5.03. The number of amides is 1. The lowest BCUT2D eigenvalue weighted by Gasteiger charge is -2.27. The summed E-state index contributed by atoms with van der Waals surface area (Å²) in [6, 6.07) is 5.53. The van der Waals surface area contributed by atoms with Gasteiger partial charge in [-0.1, -0.05) is 18.5 Å². The number of fused-ring (bicyclic) bond motifs is 1. The van der Waals surface area contributed by atoms with Crippen LogP contribution in [0.5, 0.6) is 5.75 Å². The number of benzene rings is 1. The molecule has 1 aromatic rings. The lowest BCUT2D eigenvalue weighted by Crippen LogP contribution is -2.39. The van der Waals surface area contributed by atoms with E-state index in [-0.39, 0.29) is 5.91 Å². The van der Waals surface area contributed by atoms with Crippen LogP contribution < -0.4 is 10.1 Å². The predicted octanol–water partition coefficient (Wildman–Crippen LogP) is 2.42. The van der Waals surface area contributed by atoms with Gasteiger partial charge in [0, 0.05) is 30.7 Å². The summed E-state index contributed by atoms with van der Waals surface area (Å²) < 4.78 is 5.33. The van der Waals surface area contributed by atoms with Crippen LogP contribution in [0.25, 0.3) is 0 Å². The molecule has 2 heterocycles. The first-order chi connectivity index (χ1) is 10.2. The van der Waals surface area contributed by atoms with Crippen LogP contribution >= 0.6 is 11.6 Å². The van der Waals surface area contributed by atoms with Gasteiger partial charge in [-0.25, -0.2) is 0 Å². The van der Waals surface area contributed by atoms with E-state index in [4.69, 9.17) is 16.3 Å². The number of likely N-dealkylation sites (tertiary alicyclic amines) is 1. The third-order valence-corrected chi connectivity index (χ3v) is 5.03. The number of carbonyl (C=O) groups excluding carboxylic acids is 1. The third-order valence-electron chi connectivity index (χ3n) is 4.79. The molecule has 21 heavy (non-hydrogen) atoms. The number of hydrogen-bond donors (Lipinski definition) is 1. The molecule has 0 saturated carbocycles. The molecule has 4 nitrogen and oxygen atoms in total. The van der Waals surface area contributed by atoms with Gasteiger partial charge in [0.05, 0.1) is 12.7 Å². The topological polar surface area (TPSA) is 41.6 Å². The zero-order chi connectivity index (χ0) is 15.0. The van der Waals surface area contributed by atoms with Gasteiger partial charge in [-0.15, -0.1) is 0 Å². The molecule has 1 N–H and O–H groups in total. The number of nitrogens with one attached hydrogen (secondary N) is 1. The Labute approximate surface area is 130 Å². The van der Waals surface area contributed by atoms with Crippen molar-refractivity contribution in [1.82, 2.24) is 10.2 Å². The van der Waals surface area contributed by atoms with Crippen LogP contribution in [0.15, 0.2) is 18.2 Å². The van der Waals surface area contributed by atoms with Gasteiger partial charge in [-0.05, 0) is 36.5 Å². The minimum absolute atomic E-state index is 0.0600. The standard InChI is InChI=1S/C16H21ClN2O2/c1-3-14-13-8-18-7-10(13)9-19(14)16(20)12-5-4-11(17)6-15(12)21-2/h4-6,10,13-14,18H,3,7-9H2,1-2H3. The van der Waals surface area contributed by atoms with Crippen LogP contribution in [0.3, 0.4) is 0 Å². The molecule has 0 radical (unpaired) electrons. The maximum atomic E-state index is 12.9. The van der Waals surface area contributed by atoms with Gasteiger partial charge in [0.1, 0.15) is 5.75 Å². The van der Waals surface area contributed by atoms with Gasteiger partial charge in [-0.2, -0.15) is 0 Å². The molecule has 3 unspecified atom stereocenters. The number of halogens is 1. The van der Waals surface area contributed by atoms with E-state index in [1.807, 2.05) is 4.90 Å². The molecule has 2 aliphatic rings. The minimum Gasteiger partial charge on any atom is -0.496 e. The van der Waals surface area contributed by atoms with Crippen molar-refractivity contribution in [2.24, 2.45) is 11.8 Å². The van der Waals surface area contributed by atoms with Crippen LogP contribution in [-0.2, 0) is 0 Å². The largest absolute Gasteiger partial charge is 0.496 e. The zero-order valence-corrected chi connectivity index (χ0v) is 13.2. The molecule has 1 amide bonds. The Bertz CT molecular complexity index is 549. The Balaban J connectivity index is 1.88. The summed E-state index contributed by atoms with van der Waals surface area (Å²) >= 11 is 5.98. The Morgan fingerprint density at radius 3 is 3.00 bits per heavy atom. The first kappa shape index (κ1) is 14.7. The van der Waals surface area contributed by atoms with Gasteiger partial charge in [-0.3, -0.25) is 4.79 Å². The SMILES string of the molecule is CCC1C2CNCC2CN1C(=O)c1ccc(Cl)cc1OC. The van der Waals surface area contributed by atoms with Crippen molar-refractivity contribution in [2.75, 3.05) is 26.7 Å². The number of hydrogen-bond acceptors (Lipinski definition) is 3. The Hall–Kier alpha value is -1.26. The van der Waals surface area contributed by atoms with Crippen molar-refractivity contribution in [3.63, 3.8) is 0 Å². The van der Waals surface area contributed by atoms with E-state index in [1.54, 1.807) is 25.3 Å². The lowest BCUT2D eigenvalue weighted by atomic mass is 9.93. The molecule has 0 aromatic heterocycles. The summed E-state index contributed by atoms with van der Waals surface area (Å²) in [5, 5.41) is 4.02. The molecular formula is C16H21ClN2O2. The molecule has 3 atom stereocenters. The summed E-state index contributed by atoms with van der Waals surface area (Å²) in [5.74, 6) is 1.77. The van der Waals surface area contributed by atoms with Crippen LogP contribution in [0.4, 0.5) is 0 Å². The van der Waals surface area contributed by atoms with Crippen molar-refractivity contribution in [3.05, 3.63) is 28.8 Å². The highest BCUT2D eigenvalue weighted by Gasteiger charge is 2.45. The molecule has 5 heteroatoms. The summed E-state index contributed by atoms with van der Waals surface area (Å²) in [4.78, 5) is 15.0. The number of ether oxygens (including phenoxy) is 1. The molecule has 2 aliphatic heterocycles. The second-order valence-corrected chi connectivity index (χ2v) is 6.30. The molecule has 3 rings (SSSR count). The van der Waals surface area contributed by atoms with Crippen LogP contribution in [-0.4, -0.2) is 43.6 Å². The molecular weight excluding hydrogens is 288 g/mol. The molecule has 0 bridgehead atoms. The normalized spacial score (nSPS) is 27.8. The second-order valence-electron chi connectivity index (χ2n) is 5.86. The first-order valence-corrected chi connectivity index (χ1v) is 7.88. The molecule has 1 aromatic carbocycles. The van der Waals surface area contributed by atoms with Crippen molar-refractivity contribution in [3.8, 4) is 5.75 Å². The molecule has 0 aliphatic carbocycles. The van der Waals surface area contributed by atoms with E-state index in [0.29, 0.717) is 34.2 Å². The molecule has 0 spiro atoms. The number of rotatable bonds is 3. The van der Waals surface area contributed by atoms with Gasteiger partial charge in [0.15, 0.2) is 0 Å². The zero-order valence-electron chi connectivity index (χ0n) is 12.4. The van der Waals surface area contributed by atoms with Crippen molar-refractivity contribution in [1.29, 1.82) is 0 Å². The summed E-state index contributed by atoms with van der Waals surface area (Å²) in [5.41, 5.74) is 0.605. The Morgan fingerprint density at radius 1 is 1.48 bits per heavy atom. The van der Waals surface area contributed by atoms with E-state index in [0.717, 1.165) is 26.1 Å². The van der Waals surface area contributed by atoms with Gasteiger partial charge in [0.2, 0.25) is 0 Å². The van der Waals surface area contributed by atoms with Crippen LogP contribution in [0.2, 0.25) is 5.02 Å². The van der Waals surface area contributed by atoms with Crippen molar-refractivity contribution < 1.29 is 9.53 Å². The van der Waals surface area contributed by atoms with E-state index in [1.165, 1.54) is 0 Å². The van der Waals surface area contributed by atoms with E-state index in [2.05, 4.69) is 12.2 Å². The van der Waals surface area contributed by atoms with E-state index < -0.39 is 0 Å². The highest BCUT2D eigenvalue weighted by molar-refractivity contribution is 6.30. The average Bonchev–Trinajstić information content (AvgIpc) is 3.06. The number of nitrogens with zero attached hydrogens (tertiary/aromatic N) is 1. The fourth-order valence-electron chi connectivity index (χ4n) is 3.78. The summed E-state index contributed by atoms with van der Waals surface area (Å²) in [6.07, 6.45) is 0.991.